The first kappa shape index (κ1) is 14.1. The molecule has 1 aliphatic rings. The molecule has 0 radical (unpaired) electrons. The number of fused-ring (bicyclic) bond motifs is 1. The molecule has 2 aromatic carbocycles. The zero-order chi connectivity index (χ0) is 14.8. The van der Waals surface area contributed by atoms with Crippen LogP contribution in [0.15, 0.2) is 42.5 Å². The van der Waals surface area contributed by atoms with Crippen LogP contribution in [0, 0.1) is 6.92 Å². The zero-order valence-corrected chi connectivity index (χ0v) is 13.1. The van der Waals surface area contributed by atoms with E-state index in [4.69, 9.17) is 18.0 Å². The van der Waals surface area contributed by atoms with Gasteiger partial charge in [-0.1, -0.05) is 36.5 Å². The van der Waals surface area contributed by atoms with E-state index in [-0.39, 0.29) is 0 Å². The molecule has 1 aliphatic heterocycles. The Morgan fingerprint density at radius 2 is 1.90 bits per heavy atom. The van der Waals surface area contributed by atoms with Crippen LogP contribution in [0.5, 0.6) is 0 Å². The van der Waals surface area contributed by atoms with Crippen LogP contribution in [0.4, 0.5) is 5.69 Å². The molecule has 2 nitrogen and oxygen atoms in total. The largest absolute Gasteiger partial charge is 0.389 e. The Labute approximate surface area is 131 Å². The lowest BCUT2D eigenvalue weighted by Gasteiger charge is -2.24. The second-order valence-corrected chi connectivity index (χ2v) is 6.10. The van der Waals surface area contributed by atoms with Gasteiger partial charge in [0.25, 0.3) is 0 Å². The average molecular weight is 296 g/mol. The summed E-state index contributed by atoms with van der Waals surface area (Å²) in [5.41, 5.74) is 12.0. The predicted molar refractivity (Wildman–Crippen MR) is 92.9 cm³/mol. The Kier molecular flexibility index (Phi) is 3.93. The number of hydrogen-bond donors (Lipinski definition) is 1. The molecule has 0 aromatic heterocycles. The quantitative estimate of drug-likeness (QED) is 0.859. The Morgan fingerprint density at radius 1 is 1.14 bits per heavy atom. The van der Waals surface area contributed by atoms with Gasteiger partial charge in [-0.15, -0.1) is 0 Å². The molecule has 0 spiro atoms. The van der Waals surface area contributed by atoms with Gasteiger partial charge in [0.05, 0.1) is 0 Å². The lowest BCUT2D eigenvalue weighted by atomic mass is 10.0. The molecule has 0 fully saturated rings. The van der Waals surface area contributed by atoms with Crippen molar-refractivity contribution in [2.24, 2.45) is 5.73 Å². The standard InChI is InChI=1S/C18H20N2S/c1-13-11-16(8-9-17(13)18(19)21)20-10-4-7-14-5-2-3-6-15(14)12-20/h2-3,5-6,8-9,11H,4,7,10,12H2,1H3,(H2,19,21). The van der Waals surface area contributed by atoms with Crippen molar-refractivity contribution in [3.8, 4) is 0 Å². The summed E-state index contributed by atoms with van der Waals surface area (Å²) in [4.78, 5) is 2.92. The van der Waals surface area contributed by atoms with Gasteiger partial charge in [0.1, 0.15) is 4.99 Å². The zero-order valence-electron chi connectivity index (χ0n) is 12.3. The third-order valence-electron chi connectivity index (χ3n) is 4.19. The van der Waals surface area contributed by atoms with Crippen molar-refractivity contribution >= 4 is 22.9 Å². The summed E-state index contributed by atoms with van der Waals surface area (Å²) in [6, 6.07) is 15.1. The summed E-state index contributed by atoms with van der Waals surface area (Å²) in [7, 11) is 0. The molecule has 3 heteroatoms. The molecular formula is C18H20N2S. The normalized spacial score (nSPS) is 14.4. The molecule has 2 N–H and O–H groups in total. The summed E-state index contributed by atoms with van der Waals surface area (Å²) in [6.07, 6.45) is 2.35. The number of aryl methyl sites for hydroxylation is 2. The molecule has 0 unspecified atom stereocenters. The minimum absolute atomic E-state index is 0.472. The first-order chi connectivity index (χ1) is 10.1. The van der Waals surface area contributed by atoms with E-state index in [2.05, 4.69) is 48.2 Å². The predicted octanol–water partition coefficient (Wildman–Crippen LogP) is 3.58. The molecule has 3 rings (SSSR count). The Balaban J connectivity index is 1.91. The summed E-state index contributed by atoms with van der Waals surface area (Å²) in [6.45, 7) is 4.13. The van der Waals surface area contributed by atoms with Crippen molar-refractivity contribution in [2.75, 3.05) is 11.4 Å². The molecule has 0 saturated heterocycles. The molecule has 1 heterocycles. The van der Waals surface area contributed by atoms with Crippen molar-refractivity contribution in [1.29, 1.82) is 0 Å². The van der Waals surface area contributed by atoms with Gasteiger partial charge in [-0.05, 0) is 54.7 Å². The topological polar surface area (TPSA) is 29.3 Å². The van der Waals surface area contributed by atoms with E-state index >= 15 is 0 Å². The molecular weight excluding hydrogens is 276 g/mol. The third kappa shape index (κ3) is 2.93. The third-order valence-corrected chi connectivity index (χ3v) is 4.41. The van der Waals surface area contributed by atoms with E-state index in [1.54, 1.807) is 0 Å². The SMILES string of the molecule is Cc1cc(N2CCCc3ccccc3C2)ccc1C(N)=S. The summed E-state index contributed by atoms with van der Waals surface area (Å²) >= 11 is 5.09. The lowest BCUT2D eigenvalue weighted by Crippen LogP contribution is -2.23. The fourth-order valence-corrected chi connectivity index (χ4v) is 3.27. The number of rotatable bonds is 2. The van der Waals surface area contributed by atoms with Crippen LogP contribution in [0.25, 0.3) is 0 Å². The first-order valence-electron chi connectivity index (χ1n) is 7.37. The van der Waals surface area contributed by atoms with E-state index in [1.807, 2.05) is 6.07 Å². The molecule has 21 heavy (non-hydrogen) atoms. The maximum Gasteiger partial charge on any atom is 0.104 e. The van der Waals surface area contributed by atoms with Crippen LogP contribution in [0.1, 0.15) is 28.7 Å². The number of thiocarbonyl (C=S) groups is 1. The van der Waals surface area contributed by atoms with Crippen LogP contribution in [-0.2, 0) is 13.0 Å². The number of hydrogen-bond acceptors (Lipinski definition) is 2. The summed E-state index contributed by atoms with van der Waals surface area (Å²) < 4.78 is 0. The number of anilines is 1. The van der Waals surface area contributed by atoms with E-state index in [0.29, 0.717) is 4.99 Å². The molecule has 2 aromatic rings. The first-order valence-corrected chi connectivity index (χ1v) is 7.78. The Hall–Kier alpha value is -1.87. The van der Waals surface area contributed by atoms with Crippen molar-refractivity contribution in [3.05, 3.63) is 64.7 Å². The molecule has 0 saturated carbocycles. The van der Waals surface area contributed by atoms with E-state index in [0.717, 1.165) is 30.6 Å². The van der Waals surface area contributed by atoms with Gasteiger partial charge in [0, 0.05) is 24.3 Å². The fourth-order valence-electron chi connectivity index (χ4n) is 3.04. The summed E-state index contributed by atoms with van der Waals surface area (Å²) in [5, 5.41) is 0. The molecule has 0 aliphatic carbocycles. The number of nitrogens with two attached hydrogens (primary N) is 1. The van der Waals surface area contributed by atoms with E-state index < -0.39 is 0 Å². The molecule has 0 atom stereocenters. The van der Waals surface area contributed by atoms with Crippen LogP contribution < -0.4 is 10.6 Å². The minimum Gasteiger partial charge on any atom is -0.389 e. The van der Waals surface area contributed by atoms with Crippen LogP contribution >= 0.6 is 12.2 Å². The van der Waals surface area contributed by atoms with Crippen LogP contribution in [0.3, 0.4) is 0 Å². The van der Waals surface area contributed by atoms with Gasteiger partial charge >= 0.3 is 0 Å². The fraction of sp³-hybridized carbons (Fsp3) is 0.278. The monoisotopic (exact) mass is 296 g/mol. The molecule has 0 amide bonds. The van der Waals surface area contributed by atoms with Gasteiger partial charge in [0.15, 0.2) is 0 Å². The summed E-state index contributed by atoms with van der Waals surface area (Å²) in [5.74, 6) is 0. The molecule has 108 valence electrons. The van der Waals surface area contributed by atoms with Crippen LogP contribution in [-0.4, -0.2) is 11.5 Å². The average Bonchev–Trinajstić information content (AvgIpc) is 2.68. The van der Waals surface area contributed by atoms with Crippen molar-refractivity contribution in [2.45, 2.75) is 26.3 Å². The smallest absolute Gasteiger partial charge is 0.104 e. The van der Waals surface area contributed by atoms with Gasteiger partial charge in [0.2, 0.25) is 0 Å². The highest BCUT2D eigenvalue weighted by atomic mass is 32.1. The highest BCUT2D eigenvalue weighted by Gasteiger charge is 2.15. The lowest BCUT2D eigenvalue weighted by molar-refractivity contribution is 0.765. The maximum atomic E-state index is 5.75. The minimum atomic E-state index is 0.472. The van der Waals surface area contributed by atoms with Crippen molar-refractivity contribution < 1.29 is 0 Å². The number of benzene rings is 2. The van der Waals surface area contributed by atoms with Crippen LogP contribution in [0.2, 0.25) is 0 Å². The van der Waals surface area contributed by atoms with Crippen molar-refractivity contribution in [1.82, 2.24) is 0 Å². The van der Waals surface area contributed by atoms with E-state index in [1.165, 1.54) is 23.2 Å². The van der Waals surface area contributed by atoms with E-state index in [9.17, 15) is 0 Å². The Bertz CT molecular complexity index is 679. The maximum absolute atomic E-state index is 5.75. The van der Waals surface area contributed by atoms with Gasteiger partial charge in [-0.2, -0.15) is 0 Å². The molecule has 0 bridgehead atoms. The second kappa shape index (κ2) is 5.86. The van der Waals surface area contributed by atoms with Gasteiger partial charge in [-0.25, -0.2) is 0 Å². The number of nitrogens with zero attached hydrogens (tertiary/aromatic N) is 1. The van der Waals surface area contributed by atoms with Gasteiger partial charge < -0.3 is 10.6 Å². The Morgan fingerprint density at radius 3 is 2.62 bits per heavy atom. The van der Waals surface area contributed by atoms with Crippen molar-refractivity contribution in [3.63, 3.8) is 0 Å². The van der Waals surface area contributed by atoms with Gasteiger partial charge in [-0.3, -0.25) is 0 Å². The highest BCUT2D eigenvalue weighted by Crippen LogP contribution is 2.25. The second-order valence-electron chi connectivity index (χ2n) is 5.66. The highest BCUT2D eigenvalue weighted by molar-refractivity contribution is 7.80.